The van der Waals surface area contributed by atoms with Crippen LogP contribution in [0.2, 0.25) is 0 Å². The molecule has 0 spiro atoms. The molecule has 88 valence electrons. The maximum atomic E-state index is 10.8. The van der Waals surface area contributed by atoms with Crippen molar-refractivity contribution in [3.63, 3.8) is 0 Å². The molecule has 0 aromatic heterocycles. The van der Waals surface area contributed by atoms with Crippen LogP contribution in [0.3, 0.4) is 0 Å². The lowest BCUT2D eigenvalue weighted by Crippen LogP contribution is -2.49. The molecular formula is C10H19NO4. The Bertz CT molecular complexity index is 210. The van der Waals surface area contributed by atoms with Crippen molar-refractivity contribution in [2.45, 2.75) is 25.5 Å². The summed E-state index contributed by atoms with van der Waals surface area (Å²) in [5, 5.41) is 8.84. The van der Waals surface area contributed by atoms with E-state index in [4.69, 9.17) is 14.6 Å². The molecule has 15 heavy (non-hydrogen) atoms. The molecule has 5 nitrogen and oxygen atoms in total. The Balaban J connectivity index is 2.37. The van der Waals surface area contributed by atoms with E-state index in [2.05, 4.69) is 11.8 Å². The van der Waals surface area contributed by atoms with Crippen molar-refractivity contribution in [3.05, 3.63) is 0 Å². The van der Waals surface area contributed by atoms with Crippen LogP contribution in [0, 0.1) is 0 Å². The summed E-state index contributed by atoms with van der Waals surface area (Å²) in [6, 6.07) is 0.343. The Morgan fingerprint density at radius 3 is 3.07 bits per heavy atom. The number of carbonyl (C=O) groups is 1. The van der Waals surface area contributed by atoms with E-state index in [1.54, 1.807) is 7.11 Å². The van der Waals surface area contributed by atoms with Crippen LogP contribution in [0.4, 0.5) is 0 Å². The van der Waals surface area contributed by atoms with Gasteiger partial charge in [0.25, 0.3) is 0 Å². The smallest absolute Gasteiger partial charge is 0.334 e. The highest BCUT2D eigenvalue weighted by atomic mass is 16.5. The molecule has 0 aromatic rings. The summed E-state index contributed by atoms with van der Waals surface area (Å²) < 4.78 is 10.2. The van der Waals surface area contributed by atoms with Crippen LogP contribution in [-0.2, 0) is 14.3 Å². The van der Waals surface area contributed by atoms with Gasteiger partial charge in [0.1, 0.15) is 0 Å². The molecule has 2 atom stereocenters. The SMILES string of the molecule is COCCC(C)N1CCOC(C(=O)O)C1. The first-order chi connectivity index (χ1) is 7.15. The fourth-order valence-corrected chi connectivity index (χ4v) is 1.69. The van der Waals surface area contributed by atoms with Gasteiger partial charge in [-0.25, -0.2) is 4.79 Å². The fourth-order valence-electron chi connectivity index (χ4n) is 1.69. The van der Waals surface area contributed by atoms with Crippen molar-refractivity contribution in [1.82, 2.24) is 4.90 Å². The Hall–Kier alpha value is -0.650. The van der Waals surface area contributed by atoms with Gasteiger partial charge < -0.3 is 14.6 Å². The Kier molecular flexibility index (Phi) is 5.01. The first-order valence-corrected chi connectivity index (χ1v) is 5.22. The van der Waals surface area contributed by atoms with Crippen molar-refractivity contribution >= 4 is 5.97 Å². The highest BCUT2D eigenvalue weighted by Crippen LogP contribution is 2.11. The number of rotatable bonds is 5. The van der Waals surface area contributed by atoms with Crippen molar-refractivity contribution in [3.8, 4) is 0 Å². The van der Waals surface area contributed by atoms with Crippen molar-refractivity contribution in [2.75, 3.05) is 33.4 Å². The second kappa shape index (κ2) is 6.05. The van der Waals surface area contributed by atoms with E-state index in [-0.39, 0.29) is 0 Å². The number of aliphatic carboxylic acids is 1. The van der Waals surface area contributed by atoms with Crippen molar-refractivity contribution in [2.24, 2.45) is 0 Å². The molecule has 1 heterocycles. The average molecular weight is 217 g/mol. The number of nitrogens with zero attached hydrogens (tertiary/aromatic N) is 1. The molecule has 0 bridgehead atoms. The number of carboxylic acid groups (broad SMARTS) is 1. The predicted octanol–water partition coefficient (Wildman–Crippen LogP) is 0.197. The number of carboxylic acids is 1. The molecule has 0 radical (unpaired) electrons. The molecule has 0 aromatic carbocycles. The van der Waals surface area contributed by atoms with Crippen LogP contribution in [-0.4, -0.2) is 61.5 Å². The summed E-state index contributed by atoms with van der Waals surface area (Å²) in [5.41, 5.74) is 0. The Morgan fingerprint density at radius 1 is 1.73 bits per heavy atom. The van der Waals surface area contributed by atoms with Gasteiger partial charge in [0.15, 0.2) is 6.10 Å². The minimum Gasteiger partial charge on any atom is -0.479 e. The van der Waals surface area contributed by atoms with E-state index < -0.39 is 12.1 Å². The molecule has 1 saturated heterocycles. The summed E-state index contributed by atoms with van der Waals surface area (Å²) >= 11 is 0. The summed E-state index contributed by atoms with van der Waals surface area (Å²) in [5.74, 6) is -0.876. The highest BCUT2D eigenvalue weighted by molar-refractivity contribution is 5.72. The van der Waals surface area contributed by atoms with Gasteiger partial charge in [0, 0.05) is 32.8 Å². The zero-order valence-electron chi connectivity index (χ0n) is 9.31. The molecule has 1 aliphatic heterocycles. The number of methoxy groups -OCH3 is 1. The van der Waals surface area contributed by atoms with Gasteiger partial charge in [-0.3, -0.25) is 4.90 Å². The van der Waals surface area contributed by atoms with Gasteiger partial charge in [-0.15, -0.1) is 0 Å². The molecule has 0 aliphatic carbocycles. The van der Waals surface area contributed by atoms with Crippen LogP contribution < -0.4 is 0 Å². The van der Waals surface area contributed by atoms with Gasteiger partial charge in [-0.2, -0.15) is 0 Å². The second-order valence-electron chi connectivity index (χ2n) is 3.82. The van der Waals surface area contributed by atoms with E-state index >= 15 is 0 Å². The molecular weight excluding hydrogens is 198 g/mol. The first-order valence-electron chi connectivity index (χ1n) is 5.22. The Morgan fingerprint density at radius 2 is 2.47 bits per heavy atom. The van der Waals surface area contributed by atoms with Gasteiger partial charge in [-0.1, -0.05) is 0 Å². The summed E-state index contributed by atoms with van der Waals surface area (Å²) in [4.78, 5) is 12.9. The van der Waals surface area contributed by atoms with E-state index in [0.717, 1.165) is 13.0 Å². The molecule has 1 aliphatic rings. The van der Waals surface area contributed by atoms with Crippen LogP contribution in [0.15, 0.2) is 0 Å². The van der Waals surface area contributed by atoms with E-state index in [9.17, 15) is 4.79 Å². The lowest BCUT2D eigenvalue weighted by molar-refractivity contribution is -0.157. The van der Waals surface area contributed by atoms with Crippen LogP contribution >= 0.6 is 0 Å². The summed E-state index contributed by atoms with van der Waals surface area (Å²) in [6.07, 6.45) is 0.242. The zero-order valence-corrected chi connectivity index (χ0v) is 9.31. The molecule has 1 rings (SSSR count). The van der Waals surface area contributed by atoms with Gasteiger partial charge >= 0.3 is 5.97 Å². The normalized spacial score (nSPS) is 25.1. The number of hydrogen-bond acceptors (Lipinski definition) is 4. The zero-order chi connectivity index (χ0) is 11.3. The van der Waals surface area contributed by atoms with Crippen LogP contribution in [0.25, 0.3) is 0 Å². The Labute approximate surface area is 90.0 Å². The van der Waals surface area contributed by atoms with E-state index in [1.165, 1.54) is 0 Å². The monoisotopic (exact) mass is 217 g/mol. The van der Waals surface area contributed by atoms with Gasteiger partial charge in [0.05, 0.1) is 6.61 Å². The van der Waals surface area contributed by atoms with Gasteiger partial charge in [0.2, 0.25) is 0 Å². The highest BCUT2D eigenvalue weighted by Gasteiger charge is 2.28. The third-order valence-corrected chi connectivity index (χ3v) is 2.74. The maximum Gasteiger partial charge on any atom is 0.334 e. The molecule has 0 amide bonds. The quantitative estimate of drug-likeness (QED) is 0.712. The summed E-state index contributed by atoms with van der Waals surface area (Å²) in [6.45, 7) is 4.56. The lowest BCUT2D eigenvalue weighted by Gasteiger charge is -2.35. The van der Waals surface area contributed by atoms with Crippen molar-refractivity contribution in [1.29, 1.82) is 0 Å². The van der Waals surface area contributed by atoms with Crippen LogP contribution in [0.1, 0.15) is 13.3 Å². The number of morpholine rings is 1. The average Bonchev–Trinajstić information content (AvgIpc) is 2.26. The minimum absolute atomic E-state index is 0.343. The lowest BCUT2D eigenvalue weighted by atomic mass is 10.1. The largest absolute Gasteiger partial charge is 0.479 e. The topological polar surface area (TPSA) is 59.0 Å². The predicted molar refractivity (Wildman–Crippen MR) is 54.9 cm³/mol. The molecule has 0 saturated carbocycles. The number of ether oxygens (including phenoxy) is 2. The third-order valence-electron chi connectivity index (χ3n) is 2.74. The van der Waals surface area contributed by atoms with E-state index in [1.807, 2.05) is 0 Å². The third kappa shape index (κ3) is 3.77. The van der Waals surface area contributed by atoms with E-state index in [0.29, 0.717) is 25.8 Å². The van der Waals surface area contributed by atoms with Crippen molar-refractivity contribution < 1.29 is 19.4 Å². The second-order valence-corrected chi connectivity index (χ2v) is 3.82. The fraction of sp³-hybridized carbons (Fsp3) is 0.900. The minimum atomic E-state index is -0.876. The molecule has 2 unspecified atom stereocenters. The maximum absolute atomic E-state index is 10.8. The first kappa shape index (κ1) is 12.4. The molecule has 1 fully saturated rings. The molecule has 1 N–H and O–H groups in total. The molecule has 5 heteroatoms. The van der Waals surface area contributed by atoms with Crippen LogP contribution in [0.5, 0.6) is 0 Å². The number of hydrogen-bond donors (Lipinski definition) is 1. The summed E-state index contributed by atoms with van der Waals surface area (Å²) in [7, 11) is 1.67. The van der Waals surface area contributed by atoms with Gasteiger partial charge in [-0.05, 0) is 13.3 Å². The standard InChI is InChI=1S/C10H19NO4/c1-8(3-5-14-2)11-4-6-15-9(7-11)10(12)13/h8-9H,3-7H2,1-2H3,(H,12,13).